The molecule has 1 N–H and O–H groups in total. The Balaban J connectivity index is 1.31. The predicted octanol–water partition coefficient (Wildman–Crippen LogP) is 3.34. The number of piperidine rings is 1. The highest BCUT2D eigenvalue weighted by Gasteiger charge is 2.36. The first-order chi connectivity index (χ1) is 11.3. The van der Waals surface area contributed by atoms with E-state index < -0.39 is 0 Å². The van der Waals surface area contributed by atoms with Gasteiger partial charge in [0.15, 0.2) is 5.82 Å². The number of fused-ring (bicyclic) bond motifs is 3. The van der Waals surface area contributed by atoms with Crippen molar-refractivity contribution in [3.05, 3.63) is 47.1 Å². The van der Waals surface area contributed by atoms with Gasteiger partial charge in [-0.15, -0.1) is 0 Å². The number of aryl methyl sites for hydroxylation is 1. The van der Waals surface area contributed by atoms with Crippen LogP contribution in [0.2, 0.25) is 0 Å². The summed E-state index contributed by atoms with van der Waals surface area (Å²) in [5, 5.41) is 8.00. The zero-order chi connectivity index (χ0) is 15.2. The Morgan fingerprint density at radius 2 is 1.91 bits per heavy atom. The SMILES string of the molecule is c1ccc2c(c1)CCC2Cc1nc(C2CC3CCC(C2)N3)no1. The van der Waals surface area contributed by atoms with Crippen LogP contribution in [-0.4, -0.2) is 22.2 Å². The first kappa shape index (κ1) is 13.7. The van der Waals surface area contributed by atoms with Crippen molar-refractivity contribution in [3.8, 4) is 0 Å². The number of aromatic nitrogens is 2. The van der Waals surface area contributed by atoms with Crippen molar-refractivity contribution < 1.29 is 4.52 Å². The van der Waals surface area contributed by atoms with Gasteiger partial charge in [-0.3, -0.25) is 0 Å². The molecule has 1 aromatic heterocycles. The Morgan fingerprint density at radius 3 is 2.78 bits per heavy atom. The fraction of sp³-hybridized carbons (Fsp3) is 0.579. The van der Waals surface area contributed by atoms with Gasteiger partial charge in [0.25, 0.3) is 0 Å². The maximum absolute atomic E-state index is 5.60. The van der Waals surface area contributed by atoms with E-state index >= 15 is 0 Å². The van der Waals surface area contributed by atoms with E-state index in [1.807, 2.05) is 0 Å². The fourth-order valence-corrected chi connectivity index (χ4v) is 4.85. The first-order valence-electron chi connectivity index (χ1n) is 9.01. The molecule has 2 fully saturated rings. The van der Waals surface area contributed by atoms with Crippen LogP contribution in [0.5, 0.6) is 0 Å². The maximum atomic E-state index is 5.60. The Morgan fingerprint density at radius 1 is 1.09 bits per heavy atom. The van der Waals surface area contributed by atoms with Crippen LogP contribution in [0.3, 0.4) is 0 Å². The van der Waals surface area contributed by atoms with Gasteiger partial charge in [0.1, 0.15) is 0 Å². The number of benzene rings is 1. The lowest BCUT2D eigenvalue weighted by Gasteiger charge is -2.26. The van der Waals surface area contributed by atoms with Gasteiger partial charge in [0.2, 0.25) is 5.89 Å². The molecule has 5 rings (SSSR count). The van der Waals surface area contributed by atoms with E-state index in [-0.39, 0.29) is 0 Å². The molecule has 23 heavy (non-hydrogen) atoms. The fourth-order valence-electron chi connectivity index (χ4n) is 4.85. The molecule has 4 heteroatoms. The quantitative estimate of drug-likeness (QED) is 0.945. The molecule has 120 valence electrons. The summed E-state index contributed by atoms with van der Waals surface area (Å²) in [6, 6.07) is 10.1. The topological polar surface area (TPSA) is 51.0 Å². The molecule has 0 radical (unpaired) electrons. The van der Waals surface area contributed by atoms with Gasteiger partial charge in [0.05, 0.1) is 0 Å². The summed E-state index contributed by atoms with van der Waals surface area (Å²) in [5.74, 6) is 2.81. The molecular weight excluding hydrogens is 286 g/mol. The predicted molar refractivity (Wildman–Crippen MR) is 87.4 cm³/mol. The molecule has 2 bridgehead atoms. The van der Waals surface area contributed by atoms with Crippen LogP contribution in [0, 0.1) is 0 Å². The van der Waals surface area contributed by atoms with E-state index in [2.05, 4.69) is 34.7 Å². The van der Waals surface area contributed by atoms with E-state index in [9.17, 15) is 0 Å². The van der Waals surface area contributed by atoms with E-state index in [4.69, 9.17) is 9.51 Å². The van der Waals surface area contributed by atoms with Gasteiger partial charge in [-0.2, -0.15) is 4.98 Å². The molecule has 3 heterocycles. The van der Waals surface area contributed by atoms with E-state index in [0.29, 0.717) is 23.9 Å². The van der Waals surface area contributed by atoms with Crippen molar-refractivity contribution in [2.24, 2.45) is 0 Å². The van der Waals surface area contributed by atoms with Crippen molar-refractivity contribution in [1.29, 1.82) is 0 Å². The smallest absolute Gasteiger partial charge is 0.227 e. The Bertz CT molecular complexity index is 698. The largest absolute Gasteiger partial charge is 0.339 e. The summed E-state index contributed by atoms with van der Waals surface area (Å²) in [6.07, 6.45) is 8.23. The van der Waals surface area contributed by atoms with Crippen molar-refractivity contribution in [2.45, 2.75) is 68.9 Å². The normalized spacial score (nSPS) is 32.2. The average Bonchev–Trinajstić information content (AvgIpc) is 3.28. The number of nitrogens with zero attached hydrogens (tertiary/aromatic N) is 2. The van der Waals surface area contributed by atoms with Gasteiger partial charge in [-0.1, -0.05) is 29.4 Å². The molecule has 3 atom stereocenters. The third kappa shape index (κ3) is 2.49. The molecule has 0 saturated carbocycles. The zero-order valence-corrected chi connectivity index (χ0v) is 13.4. The second-order valence-corrected chi connectivity index (χ2v) is 7.49. The summed E-state index contributed by atoms with van der Waals surface area (Å²) in [6.45, 7) is 0. The number of nitrogens with one attached hydrogen (secondary N) is 1. The number of hydrogen-bond acceptors (Lipinski definition) is 4. The monoisotopic (exact) mass is 309 g/mol. The van der Waals surface area contributed by atoms with Crippen LogP contribution in [-0.2, 0) is 12.8 Å². The Hall–Kier alpha value is -1.68. The van der Waals surface area contributed by atoms with Crippen LogP contribution in [0.1, 0.15) is 66.8 Å². The van der Waals surface area contributed by atoms with E-state index in [0.717, 1.165) is 18.1 Å². The molecule has 1 aromatic carbocycles. The second kappa shape index (κ2) is 5.45. The minimum Gasteiger partial charge on any atom is -0.339 e. The lowest BCUT2D eigenvalue weighted by atomic mass is 9.92. The van der Waals surface area contributed by atoms with E-state index in [1.165, 1.54) is 49.7 Å². The third-order valence-corrected chi connectivity index (χ3v) is 6.00. The van der Waals surface area contributed by atoms with Gasteiger partial charge < -0.3 is 9.84 Å². The highest BCUT2D eigenvalue weighted by atomic mass is 16.5. The van der Waals surface area contributed by atoms with Crippen LogP contribution >= 0.6 is 0 Å². The molecule has 3 aliphatic rings. The van der Waals surface area contributed by atoms with Crippen molar-refractivity contribution in [2.75, 3.05) is 0 Å². The van der Waals surface area contributed by atoms with Gasteiger partial charge in [-0.25, -0.2) is 0 Å². The molecule has 2 saturated heterocycles. The molecule has 3 unspecified atom stereocenters. The van der Waals surface area contributed by atoms with Crippen LogP contribution in [0.15, 0.2) is 28.8 Å². The summed E-state index contributed by atoms with van der Waals surface area (Å²) in [5.41, 5.74) is 2.97. The lowest BCUT2D eigenvalue weighted by molar-refractivity contribution is 0.330. The summed E-state index contributed by atoms with van der Waals surface area (Å²) >= 11 is 0. The van der Waals surface area contributed by atoms with Crippen LogP contribution in [0.4, 0.5) is 0 Å². The Kier molecular flexibility index (Phi) is 3.25. The molecule has 0 spiro atoms. The average molecular weight is 309 g/mol. The van der Waals surface area contributed by atoms with Gasteiger partial charge >= 0.3 is 0 Å². The molecule has 4 nitrogen and oxygen atoms in total. The van der Waals surface area contributed by atoms with E-state index in [1.54, 1.807) is 0 Å². The van der Waals surface area contributed by atoms with Gasteiger partial charge in [0, 0.05) is 24.4 Å². The number of rotatable bonds is 3. The molecule has 2 aromatic rings. The highest BCUT2D eigenvalue weighted by Crippen LogP contribution is 2.37. The van der Waals surface area contributed by atoms with Crippen LogP contribution in [0.25, 0.3) is 0 Å². The second-order valence-electron chi connectivity index (χ2n) is 7.49. The Labute approximate surface area is 136 Å². The highest BCUT2D eigenvalue weighted by molar-refractivity contribution is 5.35. The van der Waals surface area contributed by atoms with Crippen molar-refractivity contribution >= 4 is 0 Å². The maximum Gasteiger partial charge on any atom is 0.227 e. The minimum absolute atomic E-state index is 0.488. The standard InChI is InChI=1S/C19H23N3O/c1-2-4-17-12(3-1)5-6-13(17)11-18-21-19(22-23-18)14-9-15-7-8-16(10-14)20-15/h1-4,13-16,20H,5-11H2. The van der Waals surface area contributed by atoms with Crippen LogP contribution < -0.4 is 5.32 Å². The minimum atomic E-state index is 0.488. The molecule has 2 aliphatic heterocycles. The van der Waals surface area contributed by atoms with Crippen molar-refractivity contribution in [1.82, 2.24) is 15.5 Å². The molecule has 1 aliphatic carbocycles. The van der Waals surface area contributed by atoms with Crippen molar-refractivity contribution in [3.63, 3.8) is 0 Å². The summed E-state index contributed by atoms with van der Waals surface area (Å²) < 4.78 is 5.60. The molecular formula is C19H23N3O. The van der Waals surface area contributed by atoms with Gasteiger partial charge in [-0.05, 0) is 55.6 Å². The third-order valence-electron chi connectivity index (χ3n) is 6.00. The molecule has 0 amide bonds. The summed E-state index contributed by atoms with van der Waals surface area (Å²) in [7, 11) is 0. The zero-order valence-electron chi connectivity index (χ0n) is 13.4. The number of hydrogen-bond donors (Lipinski definition) is 1. The summed E-state index contributed by atoms with van der Waals surface area (Å²) in [4.78, 5) is 4.76. The first-order valence-corrected chi connectivity index (χ1v) is 9.01. The lowest BCUT2D eigenvalue weighted by Crippen LogP contribution is -2.37.